The number of carbonyl (C=O) groups excluding carboxylic acids is 1. The van der Waals surface area contributed by atoms with E-state index in [1.165, 1.54) is 31.2 Å². The molecule has 1 aromatic carbocycles. The van der Waals surface area contributed by atoms with E-state index in [1.807, 2.05) is 17.0 Å². The number of amides is 1. The highest BCUT2D eigenvalue weighted by atomic mass is 32.1. The largest absolute Gasteiger partial charge is 0.360 e. The molecule has 1 amide bonds. The highest BCUT2D eigenvalue weighted by Gasteiger charge is 2.22. The molecule has 0 unspecified atom stereocenters. The second-order valence-corrected chi connectivity index (χ2v) is 7.42. The minimum atomic E-state index is 0.229. The number of benzene rings is 1. The summed E-state index contributed by atoms with van der Waals surface area (Å²) >= 11 is 5.44. The molecule has 24 heavy (non-hydrogen) atoms. The third-order valence-corrected chi connectivity index (χ3v) is 5.46. The molecular weight excluding hydrogens is 318 g/mol. The van der Waals surface area contributed by atoms with Crippen LogP contribution < -0.4 is 15.5 Å². The Bertz CT molecular complexity index is 587. The van der Waals surface area contributed by atoms with E-state index in [2.05, 4.69) is 29.7 Å². The first-order valence-corrected chi connectivity index (χ1v) is 9.48. The topological polar surface area (TPSA) is 44.4 Å². The summed E-state index contributed by atoms with van der Waals surface area (Å²) in [6, 6.07) is 8.70. The van der Waals surface area contributed by atoms with Gasteiger partial charge >= 0.3 is 0 Å². The minimum absolute atomic E-state index is 0.229. The molecule has 3 rings (SSSR count). The smallest absolute Gasteiger partial charge is 0.227 e. The first-order valence-electron chi connectivity index (χ1n) is 9.07. The average Bonchev–Trinajstić information content (AvgIpc) is 3.02. The molecular formula is C19H27N3OS. The molecule has 1 saturated carbocycles. The van der Waals surface area contributed by atoms with Crippen LogP contribution in [0.2, 0.25) is 0 Å². The first-order chi connectivity index (χ1) is 11.6. The summed E-state index contributed by atoms with van der Waals surface area (Å²) in [5.74, 6) is 0.920. The van der Waals surface area contributed by atoms with E-state index in [4.69, 9.17) is 12.2 Å². The molecule has 1 heterocycles. The van der Waals surface area contributed by atoms with E-state index < -0.39 is 0 Å². The fourth-order valence-electron chi connectivity index (χ4n) is 3.65. The van der Waals surface area contributed by atoms with Crippen molar-refractivity contribution in [3.05, 3.63) is 29.8 Å². The molecule has 2 aliphatic rings. The zero-order chi connectivity index (χ0) is 16.9. The lowest BCUT2D eigenvalue weighted by Gasteiger charge is -2.30. The van der Waals surface area contributed by atoms with Crippen molar-refractivity contribution in [1.82, 2.24) is 10.6 Å². The molecule has 0 radical (unpaired) electrons. The lowest BCUT2D eigenvalue weighted by Crippen LogP contribution is -2.45. The maximum atomic E-state index is 11.8. The predicted molar refractivity (Wildman–Crippen MR) is 102 cm³/mol. The Hall–Kier alpha value is -1.62. The summed E-state index contributed by atoms with van der Waals surface area (Å²) in [4.78, 5) is 13.6. The molecule has 2 fully saturated rings. The molecule has 2 atom stereocenters. The van der Waals surface area contributed by atoms with Gasteiger partial charge in [-0.25, -0.2) is 0 Å². The Balaban J connectivity index is 1.47. The van der Waals surface area contributed by atoms with Crippen LogP contribution in [0.1, 0.15) is 51.0 Å². The number of thiocarbonyl (C=S) groups is 1. The van der Waals surface area contributed by atoms with E-state index in [0.717, 1.165) is 23.8 Å². The van der Waals surface area contributed by atoms with Crippen LogP contribution in [0.5, 0.6) is 0 Å². The molecule has 0 bridgehead atoms. The van der Waals surface area contributed by atoms with Crippen molar-refractivity contribution in [2.75, 3.05) is 11.4 Å². The summed E-state index contributed by atoms with van der Waals surface area (Å²) in [5.41, 5.74) is 2.17. The number of nitrogens with one attached hydrogen (secondary N) is 2. The fourth-order valence-corrected chi connectivity index (χ4v) is 3.87. The summed E-state index contributed by atoms with van der Waals surface area (Å²) in [6.45, 7) is 3.85. The number of hydrogen-bond donors (Lipinski definition) is 2. The molecule has 2 N–H and O–H groups in total. The molecule has 4 nitrogen and oxygen atoms in total. The van der Waals surface area contributed by atoms with E-state index in [0.29, 0.717) is 24.9 Å². The molecule has 5 heteroatoms. The maximum absolute atomic E-state index is 11.8. The zero-order valence-corrected chi connectivity index (χ0v) is 15.2. The molecule has 0 spiro atoms. The highest BCUT2D eigenvalue weighted by molar-refractivity contribution is 7.80. The Kier molecular flexibility index (Phi) is 5.72. The number of rotatable bonds is 4. The lowest BCUT2D eigenvalue weighted by molar-refractivity contribution is -0.117. The van der Waals surface area contributed by atoms with Crippen LogP contribution >= 0.6 is 12.2 Å². The van der Waals surface area contributed by atoms with Gasteiger partial charge in [0.05, 0.1) is 0 Å². The second-order valence-electron chi connectivity index (χ2n) is 7.01. The van der Waals surface area contributed by atoms with Gasteiger partial charge in [-0.15, -0.1) is 0 Å². The van der Waals surface area contributed by atoms with Gasteiger partial charge in [0.1, 0.15) is 0 Å². The molecule has 1 aliphatic carbocycles. The van der Waals surface area contributed by atoms with Crippen molar-refractivity contribution in [2.45, 2.75) is 58.0 Å². The van der Waals surface area contributed by atoms with Gasteiger partial charge < -0.3 is 15.5 Å². The molecule has 1 saturated heterocycles. The minimum Gasteiger partial charge on any atom is -0.360 e. The van der Waals surface area contributed by atoms with Crippen LogP contribution in [0.25, 0.3) is 0 Å². The highest BCUT2D eigenvalue weighted by Crippen LogP contribution is 2.24. The van der Waals surface area contributed by atoms with Gasteiger partial charge in [0.15, 0.2) is 5.11 Å². The first kappa shape index (κ1) is 17.2. The second kappa shape index (κ2) is 7.97. The van der Waals surface area contributed by atoms with Crippen LogP contribution in [-0.4, -0.2) is 23.6 Å². The summed E-state index contributed by atoms with van der Waals surface area (Å²) in [5, 5.41) is 7.52. The van der Waals surface area contributed by atoms with Crippen molar-refractivity contribution in [1.29, 1.82) is 0 Å². The average molecular weight is 346 g/mol. The summed E-state index contributed by atoms with van der Waals surface area (Å²) < 4.78 is 0. The van der Waals surface area contributed by atoms with Crippen molar-refractivity contribution in [2.24, 2.45) is 5.92 Å². The Morgan fingerprint density at radius 1 is 1.21 bits per heavy atom. The van der Waals surface area contributed by atoms with Gasteiger partial charge in [-0.3, -0.25) is 4.79 Å². The normalized spacial score (nSPS) is 24.0. The number of nitrogens with zero attached hydrogens (tertiary/aromatic N) is 1. The van der Waals surface area contributed by atoms with Gasteiger partial charge in [0, 0.05) is 31.2 Å². The van der Waals surface area contributed by atoms with Crippen molar-refractivity contribution in [3.63, 3.8) is 0 Å². The Labute approximate surface area is 150 Å². The molecule has 130 valence electrons. The van der Waals surface area contributed by atoms with Crippen LogP contribution in [0, 0.1) is 5.92 Å². The summed E-state index contributed by atoms with van der Waals surface area (Å²) in [6.07, 6.45) is 6.76. The number of hydrogen-bond acceptors (Lipinski definition) is 2. The third kappa shape index (κ3) is 4.26. The lowest BCUT2D eigenvalue weighted by atomic mass is 9.86. The van der Waals surface area contributed by atoms with Crippen LogP contribution in [0.4, 0.5) is 5.69 Å². The van der Waals surface area contributed by atoms with Gasteiger partial charge in [0.2, 0.25) is 5.91 Å². The van der Waals surface area contributed by atoms with Crippen LogP contribution in [0.3, 0.4) is 0 Å². The molecule has 1 aromatic rings. The molecule has 0 aromatic heterocycles. The van der Waals surface area contributed by atoms with Gasteiger partial charge in [0.25, 0.3) is 0 Å². The number of carbonyl (C=O) groups is 1. The van der Waals surface area contributed by atoms with E-state index >= 15 is 0 Å². The Morgan fingerprint density at radius 3 is 2.62 bits per heavy atom. The fraction of sp³-hybridized carbons (Fsp3) is 0.579. The van der Waals surface area contributed by atoms with Crippen LogP contribution in [0.15, 0.2) is 24.3 Å². The standard InChI is InChI=1S/C19H27N3OS/c1-14-5-2-3-6-17(14)21-19(24)20-13-15-8-10-16(11-9-15)22-12-4-7-18(22)23/h8-11,14,17H,2-7,12-13H2,1H3,(H2,20,21,24)/t14-,17+/m0/s1. The Morgan fingerprint density at radius 2 is 1.96 bits per heavy atom. The van der Waals surface area contributed by atoms with Crippen molar-refractivity contribution < 1.29 is 4.79 Å². The van der Waals surface area contributed by atoms with Crippen molar-refractivity contribution in [3.8, 4) is 0 Å². The quantitative estimate of drug-likeness (QED) is 0.822. The van der Waals surface area contributed by atoms with Gasteiger partial charge in [-0.2, -0.15) is 0 Å². The third-order valence-electron chi connectivity index (χ3n) is 5.20. The number of anilines is 1. The van der Waals surface area contributed by atoms with Crippen molar-refractivity contribution >= 4 is 28.9 Å². The zero-order valence-electron chi connectivity index (χ0n) is 14.4. The van der Waals surface area contributed by atoms with Crippen LogP contribution in [-0.2, 0) is 11.3 Å². The summed E-state index contributed by atoms with van der Waals surface area (Å²) in [7, 11) is 0. The SMILES string of the molecule is C[C@H]1CCCC[C@H]1NC(=S)NCc1ccc(N2CCCC2=O)cc1. The van der Waals surface area contributed by atoms with Gasteiger partial charge in [-0.1, -0.05) is 31.9 Å². The van der Waals surface area contributed by atoms with E-state index in [1.54, 1.807) is 0 Å². The van der Waals surface area contributed by atoms with E-state index in [9.17, 15) is 4.79 Å². The monoisotopic (exact) mass is 345 g/mol. The predicted octanol–water partition coefficient (Wildman–Crippen LogP) is 3.36. The van der Waals surface area contributed by atoms with E-state index in [-0.39, 0.29) is 5.91 Å². The maximum Gasteiger partial charge on any atom is 0.227 e. The van der Waals surface area contributed by atoms with Gasteiger partial charge in [-0.05, 0) is 55.1 Å². The molecule has 1 aliphatic heterocycles.